The van der Waals surface area contributed by atoms with E-state index in [1.54, 1.807) is 0 Å². The summed E-state index contributed by atoms with van der Waals surface area (Å²) in [5.74, 6) is -1.48. The number of nitrogens with one attached hydrogen (secondary N) is 1. The van der Waals surface area contributed by atoms with Gasteiger partial charge in [0, 0.05) is 17.8 Å². The minimum Gasteiger partial charge on any atom is -0.432 e. The van der Waals surface area contributed by atoms with E-state index < -0.39 is 18.2 Å². The molecule has 0 spiro atoms. The average Bonchev–Trinajstić information content (AvgIpc) is 2.37. The van der Waals surface area contributed by atoms with Crippen LogP contribution in [0.5, 0.6) is 5.75 Å². The fourth-order valence-electron chi connectivity index (χ4n) is 1.96. The van der Waals surface area contributed by atoms with Crippen LogP contribution in [0.2, 0.25) is 0 Å². The predicted molar refractivity (Wildman–Crippen MR) is 76.6 cm³/mol. The first-order valence-electron chi connectivity index (χ1n) is 6.25. The van der Waals surface area contributed by atoms with E-state index in [4.69, 9.17) is 5.73 Å². The molecule has 6 heteroatoms. The van der Waals surface area contributed by atoms with E-state index in [1.165, 1.54) is 0 Å². The molecule has 0 unspecified atom stereocenters. The number of nitrogen functional groups attached to an aromatic ring is 1. The molecule has 2 rings (SSSR count). The summed E-state index contributed by atoms with van der Waals surface area (Å²) in [4.78, 5) is 0. The third kappa shape index (κ3) is 3.59. The van der Waals surface area contributed by atoms with Gasteiger partial charge in [-0.2, -0.15) is 8.78 Å². The number of anilines is 3. The smallest absolute Gasteiger partial charge is 0.387 e. The molecular weight excluding hydrogens is 281 g/mol. The predicted octanol–water partition coefficient (Wildman–Crippen LogP) is 4.37. The lowest BCUT2D eigenvalue weighted by atomic mass is 10.1. The number of hydrogen-bond acceptors (Lipinski definition) is 3. The van der Waals surface area contributed by atoms with Crippen LogP contribution in [0.25, 0.3) is 0 Å². The zero-order valence-corrected chi connectivity index (χ0v) is 11.6. The quantitative estimate of drug-likeness (QED) is 0.824. The molecule has 0 aliphatic carbocycles. The third-order valence-corrected chi connectivity index (χ3v) is 2.97. The summed E-state index contributed by atoms with van der Waals surface area (Å²) < 4.78 is 42.1. The number of ether oxygens (including phenoxy) is 1. The normalized spacial score (nSPS) is 10.8. The molecule has 2 aromatic rings. The summed E-state index contributed by atoms with van der Waals surface area (Å²) in [6.45, 7) is 0.751. The molecule has 3 nitrogen and oxygen atoms in total. The Kier molecular flexibility index (Phi) is 4.26. The van der Waals surface area contributed by atoms with Gasteiger partial charge in [0.1, 0.15) is 0 Å². The number of hydrogen-bond donors (Lipinski definition) is 2. The molecule has 0 amide bonds. The van der Waals surface area contributed by atoms with Gasteiger partial charge in [0.15, 0.2) is 11.6 Å². The van der Waals surface area contributed by atoms with Gasteiger partial charge in [0.2, 0.25) is 0 Å². The van der Waals surface area contributed by atoms with Crippen molar-refractivity contribution < 1.29 is 17.9 Å². The first kappa shape index (κ1) is 15.0. The molecule has 21 heavy (non-hydrogen) atoms. The van der Waals surface area contributed by atoms with Crippen LogP contribution in [0.4, 0.5) is 30.2 Å². The second-order valence-electron chi connectivity index (χ2n) is 4.69. The molecule has 2 aromatic carbocycles. The molecule has 0 aliphatic rings. The van der Waals surface area contributed by atoms with Gasteiger partial charge in [-0.05, 0) is 25.5 Å². The molecule has 0 fully saturated rings. The van der Waals surface area contributed by atoms with E-state index >= 15 is 0 Å². The molecule has 3 N–H and O–H groups in total. The van der Waals surface area contributed by atoms with Gasteiger partial charge >= 0.3 is 6.61 Å². The summed E-state index contributed by atoms with van der Waals surface area (Å²) in [5.41, 5.74) is 8.91. The minimum absolute atomic E-state index is 0.106. The van der Waals surface area contributed by atoms with Gasteiger partial charge in [-0.25, -0.2) is 4.39 Å². The second-order valence-corrected chi connectivity index (χ2v) is 4.69. The number of benzene rings is 2. The molecule has 0 saturated heterocycles. The Labute approximate surface area is 120 Å². The molecule has 0 aromatic heterocycles. The van der Waals surface area contributed by atoms with Crippen molar-refractivity contribution in [2.45, 2.75) is 20.5 Å². The summed E-state index contributed by atoms with van der Waals surface area (Å²) in [5, 5.41) is 2.99. The summed E-state index contributed by atoms with van der Waals surface area (Å²) >= 11 is 0. The van der Waals surface area contributed by atoms with Crippen LogP contribution in [-0.4, -0.2) is 6.61 Å². The standard InChI is InChI=1S/C15H15F3N2O/c1-8-3-4-12(9(2)5-8)20-13-7-14(21-15(17)18)10(16)6-11(13)19/h3-7,15,20H,19H2,1-2H3. The lowest BCUT2D eigenvalue weighted by Gasteiger charge is -2.14. The number of aryl methyl sites for hydroxylation is 2. The highest BCUT2D eigenvalue weighted by molar-refractivity contribution is 5.75. The summed E-state index contributed by atoms with van der Waals surface area (Å²) in [7, 11) is 0. The van der Waals surface area contributed by atoms with Gasteiger partial charge in [-0.3, -0.25) is 0 Å². The van der Waals surface area contributed by atoms with Crippen molar-refractivity contribution in [3.8, 4) is 5.75 Å². The Bertz CT molecular complexity index is 660. The van der Waals surface area contributed by atoms with E-state index in [2.05, 4.69) is 10.1 Å². The van der Waals surface area contributed by atoms with E-state index in [0.717, 1.165) is 28.9 Å². The maximum atomic E-state index is 13.5. The van der Waals surface area contributed by atoms with Crippen molar-refractivity contribution in [1.82, 2.24) is 0 Å². The Morgan fingerprint density at radius 2 is 1.81 bits per heavy atom. The third-order valence-electron chi connectivity index (χ3n) is 2.97. The highest BCUT2D eigenvalue weighted by atomic mass is 19.3. The first-order valence-corrected chi connectivity index (χ1v) is 6.25. The van der Waals surface area contributed by atoms with Gasteiger partial charge < -0.3 is 15.8 Å². The molecule has 0 radical (unpaired) electrons. The van der Waals surface area contributed by atoms with Crippen LogP contribution in [0.1, 0.15) is 11.1 Å². The Morgan fingerprint density at radius 1 is 1.10 bits per heavy atom. The van der Waals surface area contributed by atoms with Crippen LogP contribution in [0.15, 0.2) is 30.3 Å². The summed E-state index contributed by atoms with van der Waals surface area (Å²) in [6, 6.07) is 7.75. The average molecular weight is 296 g/mol. The Morgan fingerprint density at radius 3 is 2.43 bits per heavy atom. The number of rotatable bonds is 4. The van der Waals surface area contributed by atoms with E-state index in [0.29, 0.717) is 5.69 Å². The van der Waals surface area contributed by atoms with Gasteiger partial charge in [0.05, 0.1) is 11.4 Å². The molecule has 112 valence electrons. The van der Waals surface area contributed by atoms with Crippen molar-refractivity contribution in [2.24, 2.45) is 0 Å². The van der Waals surface area contributed by atoms with Crippen LogP contribution < -0.4 is 15.8 Å². The summed E-state index contributed by atoms with van der Waals surface area (Å²) in [6.07, 6.45) is 0. The fourth-order valence-corrected chi connectivity index (χ4v) is 1.96. The van der Waals surface area contributed by atoms with Crippen LogP contribution in [0, 0.1) is 19.7 Å². The molecule has 0 heterocycles. The molecule has 0 aliphatic heterocycles. The Hall–Kier alpha value is -2.37. The monoisotopic (exact) mass is 296 g/mol. The highest BCUT2D eigenvalue weighted by Gasteiger charge is 2.14. The largest absolute Gasteiger partial charge is 0.432 e. The van der Waals surface area contributed by atoms with E-state index in [1.807, 2.05) is 32.0 Å². The van der Waals surface area contributed by atoms with E-state index in [-0.39, 0.29) is 5.69 Å². The van der Waals surface area contributed by atoms with Gasteiger partial charge in [-0.15, -0.1) is 0 Å². The number of nitrogens with two attached hydrogens (primary N) is 1. The topological polar surface area (TPSA) is 47.3 Å². The minimum atomic E-state index is -3.10. The lowest BCUT2D eigenvalue weighted by Crippen LogP contribution is -2.06. The van der Waals surface area contributed by atoms with Crippen molar-refractivity contribution in [1.29, 1.82) is 0 Å². The lowest BCUT2D eigenvalue weighted by molar-refractivity contribution is -0.0521. The van der Waals surface area contributed by atoms with Gasteiger partial charge in [-0.1, -0.05) is 17.7 Å². The number of halogens is 3. The van der Waals surface area contributed by atoms with Crippen LogP contribution in [-0.2, 0) is 0 Å². The van der Waals surface area contributed by atoms with Gasteiger partial charge in [0.25, 0.3) is 0 Å². The zero-order chi connectivity index (χ0) is 15.6. The van der Waals surface area contributed by atoms with Crippen LogP contribution >= 0.6 is 0 Å². The second kappa shape index (κ2) is 5.95. The van der Waals surface area contributed by atoms with Crippen molar-refractivity contribution in [3.63, 3.8) is 0 Å². The highest BCUT2D eigenvalue weighted by Crippen LogP contribution is 2.32. The maximum absolute atomic E-state index is 13.5. The van der Waals surface area contributed by atoms with Crippen LogP contribution in [0.3, 0.4) is 0 Å². The fraction of sp³-hybridized carbons (Fsp3) is 0.200. The number of alkyl halides is 2. The molecule has 0 atom stereocenters. The maximum Gasteiger partial charge on any atom is 0.387 e. The zero-order valence-electron chi connectivity index (χ0n) is 11.6. The van der Waals surface area contributed by atoms with Crippen molar-refractivity contribution >= 4 is 17.1 Å². The van der Waals surface area contributed by atoms with E-state index in [9.17, 15) is 13.2 Å². The van der Waals surface area contributed by atoms with Crippen molar-refractivity contribution in [3.05, 3.63) is 47.3 Å². The molecule has 0 bridgehead atoms. The first-order chi connectivity index (χ1) is 9.86. The van der Waals surface area contributed by atoms with Crippen molar-refractivity contribution in [2.75, 3.05) is 11.1 Å². The molecule has 0 saturated carbocycles. The SMILES string of the molecule is Cc1ccc(Nc2cc(OC(F)F)c(F)cc2N)c(C)c1. The molecular formula is C15H15F3N2O. The Balaban J connectivity index is 2.34.